The summed E-state index contributed by atoms with van der Waals surface area (Å²) in [5.41, 5.74) is 2.88. The molecular formula is C22H29N3O3. The van der Waals surface area contributed by atoms with E-state index in [9.17, 15) is 9.59 Å². The van der Waals surface area contributed by atoms with Crippen molar-refractivity contribution in [1.82, 2.24) is 9.80 Å². The Morgan fingerprint density at radius 3 is 2.29 bits per heavy atom. The molecule has 2 rings (SSSR count). The van der Waals surface area contributed by atoms with E-state index in [-0.39, 0.29) is 24.9 Å². The first-order valence-corrected chi connectivity index (χ1v) is 9.36. The Labute approximate surface area is 167 Å². The number of carbonyl (C=O) groups is 2. The fourth-order valence-corrected chi connectivity index (χ4v) is 2.98. The smallest absolute Gasteiger partial charge is 0.243 e. The van der Waals surface area contributed by atoms with Crippen molar-refractivity contribution in [3.05, 3.63) is 59.7 Å². The third-order valence-corrected chi connectivity index (χ3v) is 4.52. The van der Waals surface area contributed by atoms with E-state index >= 15 is 0 Å². The van der Waals surface area contributed by atoms with Gasteiger partial charge in [0.05, 0.1) is 20.2 Å². The molecule has 1 N–H and O–H groups in total. The first-order chi connectivity index (χ1) is 13.4. The standard InChI is InChI=1S/C22H29N3O3/c1-5-17-10-6-8-12-19(17)23-21(26)15-25(3)22(27)16-24(2)14-18-11-7-9-13-20(18)28-4/h6-13H,5,14-16H2,1-4H3,(H,23,26). The summed E-state index contributed by atoms with van der Waals surface area (Å²) in [4.78, 5) is 28.2. The van der Waals surface area contributed by atoms with Crippen LogP contribution >= 0.6 is 0 Å². The van der Waals surface area contributed by atoms with Gasteiger partial charge in [-0.1, -0.05) is 43.3 Å². The molecule has 0 aliphatic carbocycles. The first kappa shape index (κ1) is 21.4. The lowest BCUT2D eigenvalue weighted by Crippen LogP contribution is -2.40. The molecule has 0 aliphatic heterocycles. The van der Waals surface area contributed by atoms with Gasteiger partial charge in [0.2, 0.25) is 11.8 Å². The molecule has 28 heavy (non-hydrogen) atoms. The van der Waals surface area contributed by atoms with Gasteiger partial charge in [0.25, 0.3) is 0 Å². The van der Waals surface area contributed by atoms with Crippen molar-refractivity contribution in [2.24, 2.45) is 0 Å². The number of hydrogen-bond donors (Lipinski definition) is 1. The van der Waals surface area contributed by atoms with E-state index in [4.69, 9.17) is 4.74 Å². The molecule has 0 heterocycles. The summed E-state index contributed by atoms with van der Waals surface area (Å²) in [5.74, 6) is 0.476. The number of aryl methyl sites for hydroxylation is 1. The van der Waals surface area contributed by atoms with Gasteiger partial charge < -0.3 is 15.0 Å². The van der Waals surface area contributed by atoms with Crippen molar-refractivity contribution in [3.63, 3.8) is 0 Å². The topological polar surface area (TPSA) is 61.9 Å². The van der Waals surface area contributed by atoms with Gasteiger partial charge in [0.1, 0.15) is 5.75 Å². The Balaban J connectivity index is 1.87. The van der Waals surface area contributed by atoms with E-state index in [1.54, 1.807) is 14.2 Å². The van der Waals surface area contributed by atoms with Gasteiger partial charge in [-0.15, -0.1) is 0 Å². The van der Waals surface area contributed by atoms with E-state index in [0.29, 0.717) is 6.54 Å². The summed E-state index contributed by atoms with van der Waals surface area (Å²) in [5, 5.41) is 2.89. The molecule has 0 fully saturated rings. The normalized spacial score (nSPS) is 10.6. The highest BCUT2D eigenvalue weighted by atomic mass is 16.5. The molecule has 0 radical (unpaired) electrons. The molecule has 0 spiro atoms. The van der Waals surface area contributed by atoms with Gasteiger partial charge >= 0.3 is 0 Å². The number of anilines is 1. The van der Waals surface area contributed by atoms with Crippen LogP contribution in [0.4, 0.5) is 5.69 Å². The minimum absolute atomic E-state index is 0.0133. The van der Waals surface area contributed by atoms with Crippen LogP contribution < -0.4 is 10.1 Å². The van der Waals surface area contributed by atoms with E-state index in [1.807, 2.05) is 67.4 Å². The van der Waals surface area contributed by atoms with E-state index in [1.165, 1.54) is 4.90 Å². The van der Waals surface area contributed by atoms with Crippen molar-refractivity contribution < 1.29 is 14.3 Å². The van der Waals surface area contributed by atoms with Crippen molar-refractivity contribution >= 4 is 17.5 Å². The SMILES string of the molecule is CCc1ccccc1NC(=O)CN(C)C(=O)CN(C)Cc1ccccc1OC. The molecule has 0 aliphatic rings. The van der Waals surface area contributed by atoms with E-state index < -0.39 is 0 Å². The number of nitrogens with one attached hydrogen (secondary N) is 1. The van der Waals surface area contributed by atoms with Gasteiger partial charge in [0, 0.05) is 24.8 Å². The highest BCUT2D eigenvalue weighted by molar-refractivity contribution is 5.95. The van der Waals surface area contributed by atoms with Crippen LogP contribution in [0, 0.1) is 0 Å². The number of rotatable bonds is 9. The molecule has 0 saturated carbocycles. The third-order valence-electron chi connectivity index (χ3n) is 4.52. The molecular weight excluding hydrogens is 354 g/mol. The summed E-state index contributed by atoms with van der Waals surface area (Å²) in [6.07, 6.45) is 0.832. The zero-order chi connectivity index (χ0) is 20.5. The largest absolute Gasteiger partial charge is 0.496 e. The average Bonchev–Trinajstić information content (AvgIpc) is 2.68. The number of hydrogen-bond acceptors (Lipinski definition) is 4. The maximum Gasteiger partial charge on any atom is 0.243 e. The fraction of sp³-hybridized carbons (Fsp3) is 0.364. The van der Waals surface area contributed by atoms with Crippen molar-refractivity contribution in [2.45, 2.75) is 19.9 Å². The van der Waals surface area contributed by atoms with Crippen LogP contribution in [0.15, 0.2) is 48.5 Å². The van der Waals surface area contributed by atoms with E-state index in [2.05, 4.69) is 5.32 Å². The molecule has 6 nitrogen and oxygen atoms in total. The number of nitrogens with zero attached hydrogens (tertiary/aromatic N) is 2. The van der Waals surface area contributed by atoms with Crippen LogP contribution in [0.25, 0.3) is 0 Å². The Hall–Kier alpha value is -2.86. The number of methoxy groups -OCH3 is 1. The number of amides is 2. The summed E-state index contributed by atoms with van der Waals surface area (Å²) < 4.78 is 5.35. The van der Waals surface area contributed by atoms with Crippen LogP contribution in [-0.4, -0.2) is 55.9 Å². The highest BCUT2D eigenvalue weighted by Crippen LogP contribution is 2.18. The minimum atomic E-state index is -0.205. The van der Waals surface area contributed by atoms with Crippen LogP contribution in [-0.2, 0) is 22.6 Å². The molecule has 0 atom stereocenters. The summed E-state index contributed by atoms with van der Waals surface area (Å²) in [6, 6.07) is 15.4. The van der Waals surface area contributed by atoms with Crippen LogP contribution in [0.2, 0.25) is 0 Å². The molecule has 0 saturated heterocycles. The van der Waals surface area contributed by atoms with Crippen LogP contribution in [0.5, 0.6) is 5.75 Å². The predicted molar refractivity (Wildman–Crippen MR) is 111 cm³/mol. The van der Waals surface area contributed by atoms with Crippen LogP contribution in [0.1, 0.15) is 18.1 Å². The number of benzene rings is 2. The molecule has 0 aromatic heterocycles. The molecule has 2 aromatic carbocycles. The lowest BCUT2D eigenvalue weighted by atomic mass is 10.1. The van der Waals surface area contributed by atoms with Gasteiger partial charge in [-0.2, -0.15) is 0 Å². The van der Waals surface area contributed by atoms with Gasteiger partial charge in [0.15, 0.2) is 0 Å². The van der Waals surface area contributed by atoms with Crippen LogP contribution in [0.3, 0.4) is 0 Å². The lowest BCUT2D eigenvalue weighted by molar-refractivity contribution is -0.134. The Morgan fingerprint density at radius 2 is 1.61 bits per heavy atom. The average molecular weight is 383 g/mol. The number of carbonyl (C=O) groups excluding carboxylic acids is 2. The minimum Gasteiger partial charge on any atom is -0.496 e. The molecule has 0 unspecified atom stereocenters. The third kappa shape index (κ3) is 6.09. The molecule has 150 valence electrons. The maximum absolute atomic E-state index is 12.5. The Morgan fingerprint density at radius 1 is 0.964 bits per heavy atom. The first-order valence-electron chi connectivity index (χ1n) is 9.36. The second-order valence-electron chi connectivity index (χ2n) is 6.79. The second kappa shape index (κ2) is 10.5. The monoisotopic (exact) mass is 383 g/mol. The Kier molecular flexibility index (Phi) is 8.02. The fourth-order valence-electron chi connectivity index (χ4n) is 2.98. The number of para-hydroxylation sites is 2. The highest BCUT2D eigenvalue weighted by Gasteiger charge is 2.16. The Bertz CT molecular complexity index is 807. The van der Waals surface area contributed by atoms with E-state index in [0.717, 1.165) is 29.0 Å². The summed E-state index contributed by atoms with van der Waals surface area (Å²) in [7, 11) is 5.15. The van der Waals surface area contributed by atoms with Crippen molar-refractivity contribution in [1.29, 1.82) is 0 Å². The zero-order valence-electron chi connectivity index (χ0n) is 17.1. The zero-order valence-corrected chi connectivity index (χ0v) is 17.1. The van der Waals surface area contributed by atoms with Crippen molar-refractivity contribution in [2.75, 3.05) is 39.6 Å². The number of likely N-dealkylation sites (N-methyl/N-ethyl adjacent to an activating group) is 2. The number of ether oxygens (including phenoxy) is 1. The molecule has 2 aromatic rings. The summed E-state index contributed by atoms with van der Waals surface area (Å²) >= 11 is 0. The lowest BCUT2D eigenvalue weighted by Gasteiger charge is -2.22. The molecule has 2 amide bonds. The second-order valence-corrected chi connectivity index (χ2v) is 6.79. The molecule has 0 bridgehead atoms. The maximum atomic E-state index is 12.5. The quantitative estimate of drug-likeness (QED) is 0.723. The summed E-state index contributed by atoms with van der Waals surface area (Å²) in [6.45, 7) is 2.85. The molecule has 6 heteroatoms. The van der Waals surface area contributed by atoms with Gasteiger partial charge in [-0.05, 0) is 31.2 Å². The van der Waals surface area contributed by atoms with Crippen molar-refractivity contribution in [3.8, 4) is 5.75 Å². The predicted octanol–water partition coefficient (Wildman–Crippen LogP) is 2.79. The van der Waals surface area contributed by atoms with Gasteiger partial charge in [-0.3, -0.25) is 14.5 Å². The van der Waals surface area contributed by atoms with Gasteiger partial charge in [-0.25, -0.2) is 0 Å².